The van der Waals surface area contributed by atoms with Crippen LogP contribution in [0.5, 0.6) is 0 Å². The smallest absolute Gasteiger partial charge is 0.125 e. The van der Waals surface area contributed by atoms with Gasteiger partial charge in [0, 0.05) is 24.3 Å². The fraction of sp³-hybridized carbons (Fsp3) is 0.500. The average molecular weight is 249 g/mol. The van der Waals surface area contributed by atoms with E-state index in [2.05, 4.69) is 11.8 Å². The van der Waals surface area contributed by atoms with Gasteiger partial charge in [-0.15, -0.1) is 0 Å². The van der Waals surface area contributed by atoms with Crippen LogP contribution in [0.15, 0.2) is 18.2 Å². The second kappa shape index (κ2) is 5.38. The minimum absolute atomic E-state index is 0.0678. The van der Waals surface area contributed by atoms with Crippen molar-refractivity contribution in [3.63, 3.8) is 0 Å². The third kappa shape index (κ3) is 2.81. The molecule has 1 aromatic rings. The zero-order chi connectivity index (χ0) is 13.1. The average Bonchev–Trinajstić information content (AvgIpc) is 2.54. The van der Waals surface area contributed by atoms with Gasteiger partial charge in [-0.2, -0.15) is 0 Å². The van der Waals surface area contributed by atoms with Crippen LogP contribution in [0.25, 0.3) is 0 Å². The zero-order valence-electron chi connectivity index (χ0n) is 10.7. The van der Waals surface area contributed by atoms with Gasteiger partial charge in [-0.05, 0) is 43.4 Å². The van der Waals surface area contributed by atoms with Crippen LogP contribution >= 0.6 is 0 Å². The molecule has 98 valence electrons. The van der Waals surface area contributed by atoms with Gasteiger partial charge in [0.15, 0.2) is 0 Å². The van der Waals surface area contributed by atoms with E-state index in [4.69, 9.17) is 11.1 Å². The summed E-state index contributed by atoms with van der Waals surface area (Å²) in [4.78, 5) is 2.22. The Morgan fingerprint density at radius 3 is 2.89 bits per heavy atom. The minimum atomic E-state index is -0.341. The molecule has 2 rings (SSSR count). The summed E-state index contributed by atoms with van der Waals surface area (Å²) in [6.45, 7) is 4.17. The molecule has 18 heavy (non-hydrogen) atoms. The van der Waals surface area contributed by atoms with Crippen molar-refractivity contribution >= 4 is 11.5 Å². The van der Waals surface area contributed by atoms with Crippen LogP contribution in [0.2, 0.25) is 0 Å². The quantitative estimate of drug-likeness (QED) is 0.625. The molecule has 0 radical (unpaired) electrons. The molecule has 1 atom stereocenters. The Kier molecular flexibility index (Phi) is 3.84. The van der Waals surface area contributed by atoms with Crippen LogP contribution in [0.1, 0.15) is 31.7 Å². The molecule has 1 saturated heterocycles. The Morgan fingerprint density at radius 1 is 1.39 bits per heavy atom. The molecule has 1 aliphatic heterocycles. The van der Waals surface area contributed by atoms with Crippen LogP contribution in [0.3, 0.4) is 0 Å². The number of benzene rings is 1. The highest BCUT2D eigenvalue weighted by molar-refractivity contribution is 6.00. The van der Waals surface area contributed by atoms with Crippen molar-refractivity contribution < 1.29 is 4.39 Å². The number of amidine groups is 1. The number of hydrogen-bond donors (Lipinski definition) is 2. The lowest BCUT2D eigenvalue weighted by atomic mass is 10.0. The number of hydrogen-bond acceptors (Lipinski definition) is 2. The lowest BCUT2D eigenvalue weighted by molar-refractivity contribution is 0.521. The molecule has 1 unspecified atom stereocenters. The normalized spacial score (nSPS) is 20.6. The monoisotopic (exact) mass is 249 g/mol. The molecule has 1 aliphatic rings. The van der Waals surface area contributed by atoms with E-state index in [9.17, 15) is 4.39 Å². The summed E-state index contributed by atoms with van der Waals surface area (Å²) in [5.74, 6) is 0.324. The standard InChI is InChI=1S/C14H20FN3/c1-10-3-2-7-18(8-6-10)13-5-4-11(15)9-12(13)14(16)17/h4-5,9-10H,2-3,6-8H2,1H3,(H3,16,17). The van der Waals surface area contributed by atoms with Crippen LogP contribution < -0.4 is 10.6 Å². The highest BCUT2D eigenvalue weighted by Crippen LogP contribution is 2.26. The number of nitrogen functional groups attached to an aromatic ring is 1. The molecule has 0 amide bonds. The predicted octanol–water partition coefficient (Wildman–Crippen LogP) is 2.74. The molecule has 0 aliphatic carbocycles. The summed E-state index contributed by atoms with van der Waals surface area (Å²) in [5.41, 5.74) is 6.94. The first-order chi connectivity index (χ1) is 8.58. The Balaban J connectivity index is 2.29. The summed E-state index contributed by atoms with van der Waals surface area (Å²) < 4.78 is 13.2. The molecular formula is C14H20FN3. The first-order valence-corrected chi connectivity index (χ1v) is 6.47. The third-order valence-electron chi connectivity index (χ3n) is 3.61. The summed E-state index contributed by atoms with van der Waals surface area (Å²) >= 11 is 0. The van der Waals surface area contributed by atoms with Gasteiger partial charge < -0.3 is 10.6 Å². The molecule has 0 bridgehead atoms. The van der Waals surface area contributed by atoms with E-state index in [0.717, 1.165) is 37.5 Å². The number of halogens is 1. The Morgan fingerprint density at radius 2 is 2.17 bits per heavy atom. The van der Waals surface area contributed by atoms with Gasteiger partial charge in [0.25, 0.3) is 0 Å². The summed E-state index contributed by atoms with van der Waals surface area (Å²) in [6, 6.07) is 4.53. The zero-order valence-corrected chi connectivity index (χ0v) is 10.7. The molecule has 3 N–H and O–H groups in total. The topological polar surface area (TPSA) is 53.1 Å². The molecule has 1 heterocycles. The lowest BCUT2D eigenvalue weighted by Gasteiger charge is -2.25. The lowest BCUT2D eigenvalue weighted by Crippen LogP contribution is -2.27. The molecule has 1 fully saturated rings. The molecular weight excluding hydrogens is 229 g/mol. The molecule has 0 saturated carbocycles. The number of rotatable bonds is 2. The maximum absolute atomic E-state index is 13.2. The molecule has 0 aromatic heterocycles. The van der Waals surface area contributed by atoms with Gasteiger partial charge in [-0.25, -0.2) is 4.39 Å². The summed E-state index contributed by atoms with van der Waals surface area (Å²) in [6.07, 6.45) is 3.50. The van der Waals surface area contributed by atoms with Crippen LogP contribution in [-0.4, -0.2) is 18.9 Å². The van der Waals surface area contributed by atoms with Crippen molar-refractivity contribution in [1.82, 2.24) is 0 Å². The van der Waals surface area contributed by atoms with Crippen molar-refractivity contribution in [1.29, 1.82) is 5.41 Å². The van der Waals surface area contributed by atoms with E-state index in [1.54, 1.807) is 6.07 Å². The van der Waals surface area contributed by atoms with E-state index in [1.165, 1.54) is 18.6 Å². The fourth-order valence-corrected chi connectivity index (χ4v) is 2.50. The van der Waals surface area contributed by atoms with E-state index in [-0.39, 0.29) is 11.7 Å². The molecule has 3 nitrogen and oxygen atoms in total. The van der Waals surface area contributed by atoms with E-state index in [1.807, 2.05) is 0 Å². The highest BCUT2D eigenvalue weighted by Gasteiger charge is 2.18. The van der Waals surface area contributed by atoms with Gasteiger partial charge >= 0.3 is 0 Å². The SMILES string of the molecule is CC1CCCN(c2ccc(F)cc2C(=N)N)CC1. The van der Waals surface area contributed by atoms with Crippen molar-refractivity contribution in [3.05, 3.63) is 29.6 Å². The maximum atomic E-state index is 13.2. The fourth-order valence-electron chi connectivity index (χ4n) is 2.50. The predicted molar refractivity (Wildman–Crippen MR) is 72.6 cm³/mol. The second-order valence-electron chi connectivity index (χ2n) is 5.10. The second-order valence-corrected chi connectivity index (χ2v) is 5.10. The Labute approximate surface area is 107 Å². The van der Waals surface area contributed by atoms with E-state index in [0.29, 0.717) is 5.56 Å². The summed E-state index contributed by atoms with van der Waals surface area (Å²) in [7, 11) is 0. The van der Waals surface area contributed by atoms with Gasteiger partial charge in [-0.1, -0.05) is 6.92 Å². The van der Waals surface area contributed by atoms with Crippen LogP contribution in [0, 0.1) is 17.1 Å². The van der Waals surface area contributed by atoms with Gasteiger partial charge in [-0.3, -0.25) is 5.41 Å². The van der Waals surface area contributed by atoms with Crippen molar-refractivity contribution in [2.75, 3.05) is 18.0 Å². The largest absolute Gasteiger partial charge is 0.384 e. The first kappa shape index (κ1) is 12.9. The number of anilines is 1. The van der Waals surface area contributed by atoms with E-state index < -0.39 is 0 Å². The molecule has 1 aromatic carbocycles. The molecule has 4 heteroatoms. The van der Waals surface area contributed by atoms with Gasteiger partial charge in [0.1, 0.15) is 11.7 Å². The number of nitrogens with two attached hydrogens (primary N) is 1. The Bertz CT molecular complexity index is 445. The first-order valence-electron chi connectivity index (χ1n) is 6.47. The van der Waals surface area contributed by atoms with Gasteiger partial charge in [0.2, 0.25) is 0 Å². The van der Waals surface area contributed by atoms with Crippen molar-refractivity contribution in [3.8, 4) is 0 Å². The summed E-state index contributed by atoms with van der Waals surface area (Å²) in [5, 5.41) is 7.57. The van der Waals surface area contributed by atoms with E-state index >= 15 is 0 Å². The third-order valence-corrected chi connectivity index (χ3v) is 3.61. The van der Waals surface area contributed by atoms with Crippen molar-refractivity contribution in [2.24, 2.45) is 11.7 Å². The Hall–Kier alpha value is -1.58. The number of nitrogens with one attached hydrogen (secondary N) is 1. The highest BCUT2D eigenvalue weighted by atomic mass is 19.1. The maximum Gasteiger partial charge on any atom is 0.125 e. The number of nitrogens with zero attached hydrogens (tertiary/aromatic N) is 1. The minimum Gasteiger partial charge on any atom is -0.384 e. The van der Waals surface area contributed by atoms with Crippen molar-refractivity contribution in [2.45, 2.75) is 26.2 Å². The molecule has 0 spiro atoms. The van der Waals surface area contributed by atoms with Gasteiger partial charge in [0.05, 0.1) is 0 Å². The van der Waals surface area contributed by atoms with Crippen LogP contribution in [0.4, 0.5) is 10.1 Å². The van der Waals surface area contributed by atoms with Crippen LogP contribution in [-0.2, 0) is 0 Å².